The first-order valence-electron chi connectivity index (χ1n) is 2.73. The molecule has 0 heterocycles. The average molecular weight is 129 g/mol. The van der Waals surface area contributed by atoms with E-state index in [1.54, 1.807) is 12.1 Å². The van der Waals surface area contributed by atoms with Crippen molar-refractivity contribution < 1.29 is 24.0 Å². The Balaban J connectivity index is 0.000000810. The molecule has 0 atom stereocenters. The van der Waals surface area contributed by atoms with Crippen LogP contribution >= 0.6 is 0 Å². The van der Waals surface area contributed by atoms with Crippen LogP contribution < -0.4 is 29.7 Å². The quantitative estimate of drug-likeness (QED) is 0.315. The molecule has 10 heavy (non-hydrogen) atoms. The van der Waals surface area contributed by atoms with Crippen LogP contribution in [0.25, 0.3) is 0 Å². The third-order valence-corrected chi connectivity index (χ3v) is 1.17. The van der Waals surface area contributed by atoms with E-state index >= 15 is 0 Å². The van der Waals surface area contributed by atoms with Gasteiger partial charge in [0.2, 0.25) is 0 Å². The molecule has 48 valence electrons. The van der Waals surface area contributed by atoms with Gasteiger partial charge in [0, 0.05) is 5.69 Å². The first kappa shape index (κ1) is 9.42. The summed E-state index contributed by atoms with van der Waals surface area (Å²) in [4.78, 5) is 0. The van der Waals surface area contributed by atoms with Crippen LogP contribution in [-0.4, -0.2) is 0 Å². The molecule has 0 aliphatic heterocycles. The van der Waals surface area contributed by atoms with Gasteiger partial charge in [-0.1, -0.05) is 17.9 Å². The molecule has 0 amide bonds. The number of hydrogen-bond acceptors (Lipinski definition) is 2. The summed E-state index contributed by atoms with van der Waals surface area (Å²) in [5.41, 5.74) is 6.66. The van der Waals surface area contributed by atoms with E-state index < -0.39 is 0 Å². The molecule has 2 nitrogen and oxygen atoms in total. The molecule has 0 fully saturated rings. The summed E-state index contributed by atoms with van der Waals surface area (Å²) >= 11 is 0. The Bertz CT molecular complexity index is 225. The van der Waals surface area contributed by atoms with Crippen LogP contribution in [0, 0.1) is 6.92 Å². The first-order chi connectivity index (χ1) is 4.20. The molecule has 1 aromatic rings. The zero-order chi connectivity index (χ0) is 6.85. The van der Waals surface area contributed by atoms with Crippen LogP contribution in [0.4, 0.5) is 5.69 Å². The number of benzene rings is 1. The summed E-state index contributed by atoms with van der Waals surface area (Å²) in [6, 6.07) is 4.89. The Morgan fingerprint density at radius 1 is 1.40 bits per heavy atom. The zero-order valence-electron chi connectivity index (χ0n) is 6.22. The van der Waals surface area contributed by atoms with Crippen LogP contribution in [0.2, 0.25) is 0 Å². The van der Waals surface area contributed by atoms with Gasteiger partial charge in [-0.05, 0) is 18.6 Å². The van der Waals surface area contributed by atoms with Gasteiger partial charge < -0.3 is 10.8 Å². The molecule has 0 saturated heterocycles. The van der Waals surface area contributed by atoms with E-state index in [0.717, 1.165) is 5.56 Å². The number of anilines is 1. The molecule has 0 aliphatic carbocycles. The maximum absolute atomic E-state index is 10.6. The van der Waals surface area contributed by atoms with Gasteiger partial charge in [-0.3, -0.25) is 0 Å². The molecular weight excluding hydrogens is 121 g/mol. The zero-order valence-corrected chi connectivity index (χ0v) is 6.22. The molecule has 0 aliphatic rings. The average Bonchev–Trinajstić information content (AvgIpc) is 1.80. The van der Waals surface area contributed by atoms with Gasteiger partial charge in [0.25, 0.3) is 0 Å². The Morgan fingerprint density at radius 3 is 2.40 bits per heavy atom. The van der Waals surface area contributed by atoms with Crippen LogP contribution in [0.15, 0.2) is 18.2 Å². The molecule has 0 radical (unpaired) electrons. The van der Waals surface area contributed by atoms with Gasteiger partial charge in [0.15, 0.2) is 0 Å². The van der Waals surface area contributed by atoms with Crippen molar-refractivity contribution in [2.45, 2.75) is 6.92 Å². The third-order valence-electron chi connectivity index (χ3n) is 1.17. The van der Waals surface area contributed by atoms with E-state index in [9.17, 15) is 5.11 Å². The predicted molar refractivity (Wildman–Crippen MR) is 35.0 cm³/mol. The van der Waals surface area contributed by atoms with Gasteiger partial charge in [-0.2, -0.15) is 0 Å². The maximum Gasteiger partial charge on any atom is 1.00 e. The van der Waals surface area contributed by atoms with Crippen molar-refractivity contribution in [3.05, 3.63) is 23.8 Å². The van der Waals surface area contributed by atoms with E-state index in [1.165, 1.54) is 6.07 Å². The van der Waals surface area contributed by atoms with Crippen LogP contribution in [0.5, 0.6) is 5.75 Å². The Kier molecular flexibility index (Phi) is 3.35. The van der Waals surface area contributed by atoms with E-state index in [4.69, 9.17) is 5.73 Å². The fraction of sp³-hybridized carbons (Fsp3) is 0.143. The fourth-order valence-electron chi connectivity index (χ4n) is 0.668. The van der Waals surface area contributed by atoms with E-state index in [2.05, 4.69) is 0 Å². The molecule has 0 aromatic heterocycles. The van der Waals surface area contributed by atoms with Gasteiger partial charge >= 0.3 is 18.9 Å². The van der Waals surface area contributed by atoms with Crippen molar-refractivity contribution in [2.75, 3.05) is 5.73 Å². The minimum Gasteiger partial charge on any atom is -0.871 e. The van der Waals surface area contributed by atoms with Crippen molar-refractivity contribution in [1.82, 2.24) is 0 Å². The molecule has 1 rings (SSSR count). The van der Waals surface area contributed by atoms with Crippen molar-refractivity contribution in [2.24, 2.45) is 0 Å². The van der Waals surface area contributed by atoms with Gasteiger partial charge in [-0.15, -0.1) is 0 Å². The summed E-state index contributed by atoms with van der Waals surface area (Å²) < 4.78 is 0. The Morgan fingerprint density at radius 2 is 2.00 bits per heavy atom. The van der Waals surface area contributed by atoms with E-state index in [-0.39, 0.29) is 24.6 Å². The van der Waals surface area contributed by atoms with Gasteiger partial charge in [0.05, 0.1) is 0 Å². The molecule has 0 spiro atoms. The molecule has 0 bridgehead atoms. The number of aryl methyl sites for hydroxylation is 1. The Hall–Kier alpha value is -0.583. The van der Waals surface area contributed by atoms with Crippen LogP contribution in [0.3, 0.4) is 0 Å². The van der Waals surface area contributed by atoms with Crippen LogP contribution in [0.1, 0.15) is 5.56 Å². The van der Waals surface area contributed by atoms with Crippen molar-refractivity contribution in [1.29, 1.82) is 0 Å². The van der Waals surface area contributed by atoms with Crippen molar-refractivity contribution in [3.63, 3.8) is 0 Å². The third kappa shape index (κ3) is 1.98. The molecule has 0 saturated carbocycles. The van der Waals surface area contributed by atoms with E-state index in [0.29, 0.717) is 5.69 Å². The minimum atomic E-state index is -0.0967. The van der Waals surface area contributed by atoms with Gasteiger partial charge in [0.1, 0.15) is 0 Å². The smallest absolute Gasteiger partial charge is 0.871 e. The fourth-order valence-corrected chi connectivity index (χ4v) is 0.668. The SMILES string of the molecule is Cc1ccc([O-])c(N)c1.[Li+]. The normalized spacial score (nSPS) is 8.50. The minimum absolute atomic E-state index is 0. The number of nitrogens with two attached hydrogens (primary N) is 1. The molecule has 1 aromatic carbocycles. The summed E-state index contributed by atoms with van der Waals surface area (Å²) in [6.45, 7) is 1.90. The van der Waals surface area contributed by atoms with Crippen LogP contribution in [-0.2, 0) is 0 Å². The summed E-state index contributed by atoms with van der Waals surface area (Å²) in [5, 5.41) is 10.6. The summed E-state index contributed by atoms with van der Waals surface area (Å²) in [6.07, 6.45) is 0. The topological polar surface area (TPSA) is 49.1 Å². The molecule has 3 heteroatoms. The number of hydrogen-bond donors (Lipinski definition) is 1. The summed E-state index contributed by atoms with van der Waals surface area (Å²) in [7, 11) is 0. The largest absolute Gasteiger partial charge is 1.00 e. The second-order valence-corrected chi connectivity index (χ2v) is 2.04. The standard InChI is InChI=1S/C7H9NO.Li/c1-5-2-3-7(9)6(8)4-5;/h2-4,9H,8H2,1H3;/q;+1/p-1. The van der Waals surface area contributed by atoms with E-state index in [1.807, 2.05) is 6.92 Å². The van der Waals surface area contributed by atoms with Crippen molar-refractivity contribution >= 4 is 5.69 Å². The van der Waals surface area contributed by atoms with Crippen molar-refractivity contribution in [3.8, 4) is 5.75 Å². The second kappa shape index (κ2) is 3.55. The second-order valence-electron chi connectivity index (χ2n) is 2.04. The Labute approximate surface area is 72.2 Å². The maximum atomic E-state index is 10.6. The van der Waals surface area contributed by atoms with Gasteiger partial charge in [-0.25, -0.2) is 0 Å². The molecular formula is C7H8LiNO. The summed E-state index contributed by atoms with van der Waals surface area (Å²) in [5.74, 6) is -0.0967. The molecule has 2 N–H and O–H groups in total. The number of nitrogen functional groups attached to an aromatic ring is 1. The monoisotopic (exact) mass is 129 g/mol. The predicted octanol–water partition coefficient (Wildman–Crippen LogP) is -2.35. The first-order valence-corrected chi connectivity index (χ1v) is 2.73. The molecule has 0 unspecified atom stereocenters. The number of rotatable bonds is 0.